The van der Waals surface area contributed by atoms with Crippen LogP contribution < -0.4 is 5.73 Å². The van der Waals surface area contributed by atoms with E-state index >= 15 is 0 Å². The van der Waals surface area contributed by atoms with Crippen LogP contribution in [0.15, 0.2) is 0 Å². The fourth-order valence-electron chi connectivity index (χ4n) is 2.92. The third kappa shape index (κ3) is 1.58. The Bertz CT molecular complexity index is 392. The molecule has 1 fully saturated rings. The van der Waals surface area contributed by atoms with E-state index in [-0.39, 0.29) is 0 Å². The minimum absolute atomic E-state index is 0.381. The third-order valence-corrected chi connectivity index (χ3v) is 4.08. The molecule has 3 heteroatoms. The van der Waals surface area contributed by atoms with Gasteiger partial charge in [0.15, 0.2) is 0 Å². The van der Waals surface area contributed by atoms with Crippen LogP contribution in [0.3, 0.4) is 0 Å². The Balaban J connectivity index is 2.35. The lowest BCUT2D eigenvalue weighted by atomic mass is 9.67. The first-order chi connectivity index (χ1) is 7.43. The van der Waals surface area contributed by atoms with Gasteiger partial charge in [-0.25, -0.2) is 0 Å². The van der Waals surface area contributed by atoms with Gasteiger partial charge in [-0.15, -0.1) is 0 Å². The first-order valence-electron chi connectivity index (χ1n) is 6.24. The summed E-state index contributed by atoms with van der Waals surface area (Å²) >= 11 is 0. The fourth-order valence-corrected chi connectivity index (χ4v) is 2.92. The second-order valence-electron chi connectivity index (χ2n) is 5.49. The normalized spacial score (nSPS) is 29.6. The minimum Gasteiger partial charge on any atom is -0.327 e. The van der Waals surface area contributed by atoms with Gasteiger partial charge in [0.05, 0.1) is 5.69 Å². The predicted molar refractivity (Wildman–Crippen MR) is 66.6 cm³/mol. The number of hydrogen-bond acceptors (Lipinski definition) is 2. The molecule has 0 bridgehead atoms. The summed E-state index contributed by atoms with van der Waals surface area (Å²) in [5.74, 6) is 1.23. The van der Waals surface area contributed by atoms with E-state index in [4.69, 9.17) is 5.73 Å². The Morgan fingerprint density at radius 3 is 2.38 bits per heavy atom. The second kappa shape index (κ2) is 3.88. The molecule has 1 aliphatic rings. The maximum absolute atomic E-state index is 5.99. The van der Waals surface area contributed by atoms with E-state index < -0.39 is 0 Å². The van der Waals surface area contributed by atoms with Crippen LogP contribution in [0.4, 0.5) is 0 Å². The molecule has 3 unspecified atom stereocenters. The lowest BCUT2D eigenvalue weighted by molar-refractivity contribution is 0.225. The molecule has 1 saturated carbocycles. The molecule has 0 saturated heterocycles. The van der Waals surface area contributed by atoms with Crippen LogP contribution >= 0.6 is 0 Å². The summed E-state index contributed by atoms with van der Waals surface area (Å²) in [5.41, 5.74) is 9.96. The van der Waals surface area contributed by atoms with Gasteiger partial charge in [0.25, 0.3) is 0 Å². The van der Waals surface area contributed by atoms with Crippen LogP contribution in [0.25, 0.3) is 0 Å². The zero-order chi connectivity index (χ0) is 12.0. The maximum atomic E-state index is 5.99. The van der Waals surface area contributed by atoms with Crippen molar-refractivity contribution in [3.8, 4) is 0 Å². The van der Waals surface area contributed by atoms with E-state index in [9.17, 15) is 0 Å². The van der Waals surface area contributed by atoms with Gasteiger partial charge in [-0.2, -0.15) is 5.10 Å². The van der Waals surface area contributed by atoms with Crippen molar-refractivity contribution in [2.24, 2.45) is 11.7 Å². The largest absolute Gasteiger partial charge is 0.327 e. The topological polar surface area (TPSA) is 43.8 Å². The predicted octanol–water partition coefficient (Wildman–Crippen LogP) is 2.53. The number of nitrogens with two attached hydrogens (primary N) is 1. The Morgan fingerprint density at radius 2 is 2.00 bits per heavy atom. The molecule has 2 N–H and O–H groups in total. The van der Waals surface area contributed by atoms with Gasteiger partial charge in [-0.1, -0.05) is 6.92 Å². The first-order valence-corrected chi connectivity index (χ1v) is 6.24. The van der Waals surface area contributed by atoms with Crippen molar-refractivity contribution in [1.82, 2.24) is 9.78 Å². The Hall–Kier alpha value is -0.830. The standard InChI is InChI=1S/C13H23N3/c1-7(2)16-10(5)13(9(4)15-16)11-6-12(14)8(11)3/h7-8,11-12H,6,14H2,1-5H3. The average Bonchev–Trinajstić information content (AvgIpc) is 2.51. The van der Waals surface area contributed by atoms with Crippen LogP contribution in [0.2, 0.25) is 0 Å². The summed E-state index contributed by atoms with van der Waals surface area (Å²) in [6, 6.07) is 0.822. The molecular weight excluding hydrogens is 198 g/mol. The smallest absolute Gasteiger partial charge is 0.0631 e. The number of rotatable bonds is 2. The summed E-state index contributed by atoms with van der Waals surface area (Å²) in [7, 11) is 0. The Kier molecular flexibility index (Phi) is 2.82. The molecule has 90 valence electrons. The van der Waals surface area contributed by atoms with Gasteiger partial charge in [-0.05, 0) is 51.5 Å². The fraction of sp³-hybridized carbons (Fsp3) is 0.769. The Labute approximate surface area is 98.0 Å². The lowest BCUT2D eigenvalue weighted by Crippen LogP contribution is -2.44. The summed E-state index contributed by atoms with van der Waals surface area (Å²) in [6.07, 6.45) is 1.12. The molecule has 3 nitrogen and oxygen atoms in total. The highest BCUT2D eigenvalue weighted by molar-refractivity contribution is 5.32. The van der Waals surface area contributed by atoms with Crippen molar-refractivity contribution in [3.63, 3.8) is 0 Å². The molecule has 3 atom stereocenters. The van der Waals surface area contributed by atoms with Gasteiger partial charge in [0.2, 0.25) is 0 Å². The van der Waals surface area contributed by atoms with Gasteiger partial charge in [0.1, 0.15) is 0 Å². The van der Waals surface area contributed by atoms with Gasteiger partial charge in [0, 0.05) is 17.8 Å². The van der Waals surface area contributed by atoms with E-state index in [0.717, 1.165) is 6.42 Å². The van der Waals surface area contributed by atoms with E-state index in [0.29, 0.717) is 23.9 Å². The zero-order valence-corrected chi connectivity index (χ0v) is 11.0. The summed E-state index contributed by atoms with van der Waals surface area (Å²) < 4.78 is 2.14. The third-order valence-electron chi connectivity index (χ3n) is 4.08. The molecule has 0 aromatic carbocycles. The SMILES string of the molecule is Cc1nn(C(C)C)c(C)c1C1CC(N)C1C. The van der Waals surface area contributed by atoms with Crippen molar-refractivity contribution < 1.29 is 0 Å². The number of aryl methyl sites for hydroxylation is 1. The van der Waals surface area contributed by atoms with Gasteiger partial charge >= 0.3 is 0 Å². The zero-order valence-electron chi connectivity index (χ0n) is 11.0. The Morgan fingerprint density at radius 1 is 1.38 bits per heavy atom. The van der Waals surface area contributed by atoms with Crippen LogP contribution in [0.5, 0.6) is 0 Å². The van der Waals surface area contributed by atoms with Crippen LogP contribution in [0.1, 0.15) is 56.1 Å². The van der Waals surface area contributed by atoms with Crippen molar-refractivity contribution in [3.05, 3.63) is 17.0 Å². The second-order valence-corrected chi connectivity index (χ2v) is 5.49. The molecule has 2 rings (SSSR count). The molecule has 1 aromatic heterocycles. The highest BCUT2D eigenvalue weighted by Gasteiger charge is 2.38. The van der Waals surface area contributed by atoms with Crippen molar-refractivity contribution in [1.29, 1.82) is 0 Å². The van der Waals surface area contributed by atoms with Crippen molar-refractivity contribution in [2.75, 3.05) is 0 Å². The van der Waals surface area contributed by atoms with Crippen molar-refractivity contribution in [2.45, 2.75) is 59.0 Å². The average molecular weight is 221 g/mol. The molecule has 0 spiro atoms. The van der Waals surface area contributed by atoms with Crippen molar-refractivity contribution >= 4 is 0 Å². The highest BCUT2D eigenvalue weighted by atomic mass is 15.3. The van der Waals surface area contributed by atoms with Gasteiger partial charge < -0.3 is 5.73 Å². The van der Waals surface area contributed by atoms with Crippen LogP contribution in [-0.4, -0.2) is 15.8 Å². The number of aromatic nitrogens is 2. The monoisotopic (exact) mass is 221 g/mol. The summed E-state index contributed by atoms with van der Waals surface area (Å²) in [6.45, 7) is 10.9. The van der Waals surface area contributed by atoms with Gasteiger partial charge in [-0.3, -0.25) is 4.68 Å². The molecule has 0 radical (unpaired) electrons. The summed E-state index contributed by atoms with van der Waals surface area (Å²) in [5, 5.41) is 4.65. The molecule has 16 heavy (non-hydrogen) atoms. The maximum Gasteiger partial charge on any atom is 0.0631 e. The van der Waals surface area contributed by atoms with Crippen LogP contribution in [0, 0.1) is 19.8 Å². The lowest BCUT2D eigenvalue weighted by Gasteiger charge is -2.41. The molecule has 1 aliphatic carbocycles. The number of hydrogen-bond donors (Lipinski definition) is 1. The van der Waals surface area contributed by atoms with E-state index in [1.165, 1.54) is 17.0 Å². The molecule has 1 heterocycles. The summed E-state index contributed by atoms with van der Waals surface area (Å²) in [4.78, 5) is 0. The molecule has 1 aromatic rings. The van der Waals surface area contributed by atoms with E-state index in [2.05, 4.69) is 44.4 Å². The quantitative estimate of drug-likeness (QED) is 0.834. The van der Waals surface area contributed by atoms with Crippen LogP contribution in [-0.2, 0) is 0 Å². The first kappa shape index (κ1) is 11.6. The van der Waals surface area contributed by atoms with E-state index in [1.807, 2.05) is 0 Å². The number of nitrogens with zero attached hydrogens (tertiary/aromatic N) is 2. The highest BCUT2D eigenvalue weighted by Crippen LogP contribution is 2.43. The van der Waals surface area contributed by atoms with E-state index in [1.54, 1.807) is 0 Å². The molecule has 0 aliphatic heterocycles. The minimum atomic E-state index is 0.381. The molecule has 0 amide bonds. The molecular formula is C13H23N3.